The van der Waals surface area contributed by atoms with Crippen molar-refractivity contribution in [2.45, 2.75) is 83.5 Å². The maximum absolute atomic E-state index is 11.9. The highest BCUT2D eigenvalue weighted by Crippen LogP contribution is 2.13. The first-order valence-corrected chi connectivity index (χ1v) is 10.2. The summed E-state index contributed by atoms with van der Waals surface area (Å²) in [6, 6.07) is 0. The summed E-state index contributed by atoms with van der Waals surface area (Å²) in [6.45, 7) is -0.153. The Bertz CT molecular complexity index is 237. The number of hydrogen-bond acceptors (Lipinski definition) is 3. The molecule has 132 valence electrons. The largest absolute Gasteiger partial charge is 0.469 e. The fourth-order valence-electron chi connectivity index (χ4n) is 2.39. The van der Waals surface area contributed by atoms with Crippen molar-refractivity contribution in [3.8, 4) is 0 Å². The van der Waals surface area contributed by atoms with Gasteiger partial charge in [0.05, 0.1) is 13.8 Å². The van der Waals surface area contributed by atoms with Crippen LogP contribution < -0.4 is 0 Å². The number of alkyl halides is 1. The van der Waals surface area contributed by atoms with Crippen LogP contribution in [0.15, 0.2) is 0 Å². The molecule has 0 amide bonds. The second-order valence-electron chi connectivity index (χ2n) is 5.87. The highest BCUT2D eigenvalue weighted by Gasteiger charge is 1.99. The van der Waals surface area contributed by atoms with Crippen LogP contribution in [0.2, 0.25) is 0 Å². The Labute approximate surface area is 141 Å². The number of rotatable bonds is 17. The van der Waals surface area contributed by atoms with E-state index >= 15 is 0 Å². The number of esters is 1. The lowest BCUT2D eigenvalue weighted by atomic mass is 10.1. The zero-order valence-electron chi connectivity index (χ0n) is 14.4. The van der Waals surface area contributed by atoms with Crippen molar-refractivity contribution in [3.05, 3.63) is 0 Å². The molecule has 0 aromatic rings. The SMILES string of the molecule is COC(=O)CCCCCCCCCSCCCCCCCF. The molecule has 0 atom stereocenters. The Balaban J connectivity index is 2.98. The van der Waals surface area contributed by atoms with Gasteiger partial charge in [-0.3, -0.25) is 9.18 Å². The normalized spacial score (nSPS) is 10.8. The van der Waals surface area contributed by atoms with Crippen LogP contribution in [0.5, 0.6) is 0 Å². The summed E-state index contributed by atoms with van der Waals surface area (Å²) in [5, 5.41) is 0. The van der Waals surface area contributed by atoms with Crippen LogP contribution >= 0.6 is 11.8 Å². The average Bonchev–Trinajstić information content (AvgIpc) is 2.54. The molecule has 0 rings (SSSR count). The molecular weight excluding hydrogens is 299 g/mol. The van der Waals surface area contributed by atoms with E-state index in [1.807, 2.05) is 0 Å². The van der Waals surface area contributed by atoms with E-state index in [4.69, 9.17) is 0 Å². The maximum atomic E-state index is 11.9. The fourth-order valence-corrected chi connectivity index (χ4v) is 3.41. The number of thioether (sulfide) groups is 1. The van der Waals surface area contributed by atoms with Gasteiger partial charge in [0.2, 0.25) is 0 Å². The van der Waals surface area contributed by atoms with Gasteiger partial charge in [-0.2, -0.15) is 11.8 Å². The van der Waals surface area contributed by atoms with Crippen molar-refractivity contribution in [3.63, 3.8) is 0 Å². The van der Waals surface area contributed by atoms with E-state index in [1.54, 1.807) is 0 Å². The average molecular weight is 335 g/mol. The van der Waals surface area contributed by atoms with Crippen molar-refractivity contribution in [2.75, 3.05) is 25.3 Å². The Morgan fingerprint density at radius 2 is 1.23 bits per heavy atom. The van der Waals surface area contributed by atoms with E-state index in [-0.39, 0.29) is 12.6 Å². The van der Waals surface area contributed by atoms with Gasteiger partial charge in [0.25, 0.3) is 0 Å². The molecule has 22 heavy (non-hydrogen) atoms. The van der Waals surface area contributed by atoms with Gasteiger partial charge in [-0.15, -0.1) is 0 Å². The Hall–Kier alpha value is -0.250. The lowest BCUT2D eigenvalue weighted by Crippen LogP contribution is -1.99. The first-order valence-electron chi connectivity index (χ1n) is 9.01. The Kier molecular flexibility index (Phi) is 18.6. The lowest BCUT2D eigenvalue weighted by molar-refractivity contribution is -0.140. The summed E-state index contributed by atoms with van der Waals surface area (Å²) in [6.07, 6.45) is 14.7. The highest BCUT2D eigenvalue weighted by molar-refractivity contribution is 7.99. The van der Waals surface area contributed by atoms with Crippen LogP contribution in [-0.4, -0.2) is 31.3 Å². The van der Waals surface area contributed by atoms with Gasteiger partial charge in [-0.05, 0) is 37.2 Å². The third kappa shape index (κ3) is 17.8. The van der Waals surface area contributed by atoms with Gasteiger partial charge in [-0.25, -0.2) is 0 Å². The van der Waals surface area contributed by atoms with E-state index in [1.165, 1.54) is 70.0 Å². The van der Waals surface area contributed by atoms with Gasteiger partial charge >= 0.3 is 5.97 Å². The fraction of sp³-hybridized carbons (Fsp3) is 0.944. The summed E-state index contributed by atoms with van der Waals surface area (Å²) in [5.41, 5.74) is 0. The van der Waals surface area contributed by atoms with Crippen LogP contribution in [0.25, 0.3) is 0 Å². The number of carbonyl (C=O) groups is 1. The molecule has 0 bridgehead atoms. The first-order chi connectivity index (χ1) is 10.8. The van der Waals surface area contributed by atoms with Gasteiger partial charge < -0.3 is 4.74 Å². The number of unbranched alkanes of at least 4 members (excludes halogenated alkanes) is 10. The summed E-state index contributed by atoms with van der Waals surface area (Å²) in [5.74, 6) is 2.47. The van der Waals surface area contributed by atoms with E-state index in [2.05, 4.69) is 16.5 Å². The monoisotopic (exact) mass is 334 g/mol. The zero-order valence-corrected chi connectivity index (χ0v) is 15.2. The molecule has 0 radical (unpaired) electrons. The summed E-state index contributed by atoms with van der Waals surface area (Å²) in [7, 11) is 1.45. The molecule has 0 saturated carbocycles. The zero-order chi connectivity index (χ0) is 16.3. The van der Waals surface area contributed by atoms with Crippen LogP contribution in [0, 0.1) is 0 Å². The Morgan fingerprint density at radius 1 is 0.773 bits per heavy atom. The van der Waals surface area contributed by atoms with Crippen LogP contribution in [0.1, 0.15) is 83.5 Å². The van der Waals surface area contributed by atoms with Crippen molar-refractivity contribution < 1.29 is 13.9 Å². The lowest BCUT2D eigenvalue weighted by Gasteiger charge is -2.03. The molecule has 0 aromatic carbocycles. The topological polar surface area (TPSA) is 26.3 Å². The van der Waals surface area contributed by atoms with Gasteiger partial charge in [-0.1, -0.05) is 51.4 Å². The minimum Gasteiger partial charge on any atom is -0.469 e. The number of halogens is 1. The molecule has 0 aliphatic rings. The number of ether oxygens (including phenoxy) is 1. The third-order valence-corrected chi connectivity index (χ3v) is 4.97. The smallest absolute Gasteiger partial charge is 0.305 e. The predicted molar refractivity (Wildman–Crippen MR) is 95.3 cm³/mol. The van der Waals surface area contributed by atoms with Crippen LogP contribution in [0.4, 0.5) is 4.39 Å². The molecule has 0 spiro atoms. The standard InChI is InChI=1S/C18H35FO2S/c1-21-18(20)14-10-6-3-2-4-8-12-16-22-17-13-9-5-7-11-15-19/h2-17H2,1H3. The third-order valence-electron chi connectivity index (χ3n) is 3.82. The molecule has 0 saturated heterocycles. The molecular formula is C18H35FO2S. The van der Waals surface area contributed by atoms with Gasteiger partial charge in [0.15, 0.2) is 0 Å². The molecule has 0 fully saturated rings. The summed E-state index contributed by atoms with van der Waals surface area (Å²) in [4.78, 5) is 10.9. The Morgan fingerprint density at radius 3 is 1.73 bits per heavy atom. The molecule has 0 aliphatic heterocycles. The molecule has 0 N–H and O–H groups in total. The number of carbonyl (C=O) groups excluding carboxylic acids is 1. The van der Waals surface area contributed by atoms with Crippen LogP contribution in [0.3, 0.4) is 0 Å². The van der Waals surface area contributed by atoms with Crippen molar-refractivity contribution in [1.29, 1.82) is 0 Å². The molecule has 4 heteroatoms. The summed E-state index contributed by atoms with van der Waals surface area (Å²) >= 11 is 2.07. The highest BCUT2D eigenvalue weighted by atomic mass is 32.2. The van der Waals surface area contributed by atoms with Gasteiger partial charge in [0.1, 0.15) is 0 Å². The molecule has 2 nitrogen and oxygen atoms in total. The number of hydrogen-bond donors (Lipinski definition) is 0. The second-order valence-corrected chi connectivity index (χ2v) is 7.09. The van der Waals surface area contributed by atoms with E-state index < -0.39 is 0 Å². The maximum Gasteiger partial charge on any atom is 0.305 e. The van der Waals surface area contributed by atoms with Gasteiger partial charge in [0, 0.05) is 6.42 Å². The number of methoxy groups -OCH3 is 1. The van der Waals surface area contributed by atoms with Crippen molar-refractivity contribution >= 4 is 17.7 Å². The first kappa shape index (κ1) is 21.8. The van der Waals surface area contributed by atoms with Crippen molar-refractivity contribution in [2.24, 2.45) is 0 Å². The minimum absolute atomic E-state index is 0.0839. The summed E-state index contributed by atoms with van der Waals surface area (Å²) < 4.78 is 16.5. The minimum atomic E-state index is -0.153. The molecule has 0 unspecified atom stereocenters. The molecule has 0 aromatic heterocycles. The second kappa shape index (κ2) is 18.8. The van der Waals surface area contributed by atoms with E-state index in [0.717, 1.165) is 25.7 Å². The predicted octanol–water partition coefficient (Wildman–Crippen LogP) is 5.93. The van der Waals surface area contributed by atoms with E-state index in [9.17, 15) is 9.18 Å². The molecule has 0 aliphatic carbocycles. The van der Waals surface area contributed by atoms with Crippen molar-refractivity contribution in [1.82, 2.24) is 0 Å². The quantitative estimate of drug-likeness (QED) is 0.243. The molecule has 0 heterocycles. The van der Waals surface area contributed by atoms with Crippen LogP contribution in [-0.2, 0) is 9.53 Å². The van der Waals surface area contributed by atoms with E-state index in [0.29, 0.717) is 6.42 Å².